The Labute approximate surface area is 293 Å². The minimum Gasteiger partial charge on any atom is -0.489 e. The van der Waals surface area contributed by atoms with Crippen LogP contribution in [0.3, 0.4) is 0 Å². The summed E-state index contributed by atoms with van der Waals surface area (Å²) in [6, 6.07) is 14.9. The van der Waals surface area contributed by atoms with Crippen LogP contribution in [0.2, 0.25) is 0 Å². The Morgan fingerprint density at radius 1 is 0.851 bits per heavy atom. The summed E-state index contributed by atoms with van der Waals surface area (Å²) < 4.78 is 5.86. The van der Waals surface area contributed by atoms with Gasteiger partial charge >= 0.3 is 0 Å². The van der Waals surface area contributed by atoms with Crippen LogP contribution in [-0.4, -0.2) is 6.21 Å². The summed E-state index contributed by atoms with van der Waals surface area (Å²) in [6.07, 6.45) is 19.5. The number of aryl methyl sites for hydroxylation is 3. The van der Waals surface area contributed by atoms with Crippen LogP contribution in [-0.2, 0) is 13.0 Å². The molecule has 0 atom stereocenters. The molecule has 0 saturated heterocycles. The van der Waals surface area contributed by atoms with Gasteiger partial charge in [-0.25, -0.2) is 0 Å². The molecular formula is C45H73NO. The minimum atomic E-state index is 0.632. The lowest BCUT2D eigenvalue weighted by Crippen LogP contribution is -1.97. The summed E-state index contributed by atoms with van der Waals surface area (Å²) in [4.78, 5) is 4.41. The summed E-state index contributed by atoms with van der Waals surface area (Å²) in [5, 5.41) is 0. The molecule has 1 aliphatic heterocycles. The van der Waals surface area contributed by atoms with E-state index in [4.69, 9.17) is 4.74 Å². The van der Waals surface area contributed by atoms with Gasteiger partial charge in [0.25, 0.3) is 0 Å². The molecule has 0 aromatic heterocycles. The first-order chi connectivity index (χ1) is 22.8. The van der Waals surface area contributed by atoms with Crippen molar-refractivity contribution in [1.82, 2.24) is 0 Å². The lowest BCUT2D eigenvalue weighted by atomic mass is 9.96. The van der Waals surface area contributed by atoms with Gasteiger partial charge in [-0.05, 0) is 92.0 Å². The molecule has 0 spiro atoms. The highest BCUT2D eigenvalue weighted by Gasteiger charge is 2.07. The smallest absolute Gasteiger partial charge is 0.122 e. The highest BCUT2D eigenvalue weighted by Crippen LogP contribution is 2.24. The van der Waals surface area contributed by atoms with Gasteiger partial charge in [-0.15, -0.1) is 0 Å². The second-order valence-electron chi connectivity index (χ2n) is 11.6. The molecule has 2 aromatic rings. The highest BCUT2D eigenvalue weighted by atomic mass is 16.5. The van der Waals surface area contributed by atoms with Crippen molar-refractivity contribution in [1.29, 1.82) is 0 Å². The molecule has 0 amide bonds. The average Bonchev–Trinajstić information content (AvgIpc) is 3.51. The Morgan fingerprint density at radius 3 is 1.87 bits per heavy atom. The van der Waals surface area contributed by atoms with Crippen LogP contribution in [0.15, 0.2) is 94.7 Å². The Hall–Kier alpha value is -3.13. The van der Waals surface area contributed by atoms with Crippen LogP contribution in [0, 0.1) is 19.8 Å². The standard InChI is InChI=1S/C17H20O.C15H21N.C9H20.2C2H6/c1-4-15-9-10-17(14(3)11-15)18-12-16-7-5-13(2)6-8-16;1-5-8-14(13(6-2)7-3)11-15-12(4)9-10-16-15;1-4-7-9(6-3)8-5-2;2*1-2/h5-11H,4,12H2,1-3H3;6-7,10-11H,2,5,8-9H2,1,3-4H3;9H,4-8H2,1-3H3;2*1-2H3/b;13-7+,14-11+;;;. The largest absolute Gasteiger partial charge is 0.489 e. The van der Waals surface area contributed by atoms with Crippen molar-refractivity contribution in [2.24, 2.45) is 10.9 Å². The fourth-order valence-electron chi connectivity index (χ4n) is 5.13. The number of ether oxygens (including phenoxy) is 1. The van der Waals surface area contributed by atoms with Gasteiger partial charge < -0.3 is 4.74 Å². The van der Waals surface area contributed by atoms with Gasteiger partial charge in [0.05, 0.1) is 5.70 Å². The molecule has 2 nitrogen and oxygen atoms in total. The minimum absolute atomic E-state index is 0.632. The maximum Gasteiger partial charge on any atom is 0.122 e. The fraction of sp³-hybridized carbons (Fsp3) is 0.533. The summed E-state index contributed by atoms with van der Waals surface area (Å²) in [6.45, 7) is 32.1. The van der Waals surface area contributed by atoms with Crippen molar-refractivity contribution in [3.05, 3.63) is 112 Å². The van der Waals surface area contributed by atoms with Crippen LogP contribution in [0.4, 0.5) is 0 Å². The van der Waals surface area contributed by atoms with Gasteiger partial charge in [0.2, 0.25) is 0 Å². The predicted molar refractivity (Wildman–Crippen MR) is 215 cm³/mol. The molecule has 1 heterocycles. The number of hydrogen-bond donors (Lipinski definition) is 0. The van der Waals surface area contributed by atoms with Crippen LogP contribution < -0.4 is 4.74 Å². The summed E-state index contributed by atoms with van der Waals surface area (Å²) >= 11 is 0. The number of hydrogen-bond acceptors (Lipinski definition) is 2. The molecule has 1 aliphatic rings. The van der Waals surface area contributed by atoms with E-state index in [0.29, 0.717) is 6.61 Å². The lowest BCUT2D eigenvalue weighted by Gasteiger charge is -2.10. The van der Waals surface area contributed by atoms with Gasteiger partial charge in [-0.3, -0.25) is 4.99 Å². The monoisotopic (exact) mass is 644 g/mol. The SMILES string of the molecule is C=CC(=C\C)/C(=C/C1=C(C)CC=N1)CCC.CC.CC.CCCC(CC)CCC.CCc1ccc(OCc2ccc(C)cc2)c(C)c1. The van der Waals surface area contributed by atoms with Gasteiger partial charge in [-0.1, -0.05) is 162 Å². The third-order valence-corrected chi connectivity index (χ3v) is 7.93. The van der Waals surface area contributed by atoms with E-state index >= 15 is 0 Å². The maximum absolute atomic E-state index is 5.86. The van der Waals surface area contributed by atoms with E-state index in [0.717, 1.165) is 43.0 Å². The van der Waals surface area contributed by atoms with E-state index in [9.17, 15) is 0 Å². The predicted octanol–water partition coefficient (Wildman–Crippen LogP) is 14.7. The number of benzene rings is 2. The molecule has 0 N–H and O–H groups in total. The van der Waals surface area contributed by atoms with E-state index in [1.54, 1.807) is 0 Å². The molecule has 0 saturated carbocycles. The van der Waals surface area contributed by atoms with E-state index in [-0.39, 0.29) is 0 Å². The number of rotatable bonds is 14. The molecular weight excluding hydrogens is 571 g/mol. The number of allylic oxidation sites excluding steroid dienone is 6. The summed E-state index contributed by atoms with van der Waals surface area (Å²) in [5.74, 6) is 1.99. The molecule has 0 fully saturated rings. The molecule has 2 aromatic carbocycles. The van der Waals surface area contributed by atoms with Gasteiger partial charge in [0.1, 0.15) is 12.4 Å². The quantitative estimate of drug-likeness (QED) is 0.188. The van der Waals surface area contributed by atoms with E-state index in [1.807, 2.05) is 40.0 Å². The fourth-order valence-corrected chi connectivity index (χ4v) is 5.13. The zero-order chi connectivity index (χ0) is 36.0. The maximum atomic E-state index is 5.86. The Kier molecular flexibility index (Phi) is 29.6. The van der Waals surface area contributed by atoms with Crippen LogP contribution in [0.5, 0.6) is 5.75 Å². The molecule has 0 aliphatic carbocycles. The zero-order valence-corrected chi connectivity index (χ0v) is 33.1. The van der Waals surface area contributed by atoms with Crippen LogP contribution in [0.1, 0.15) is 150 Å². The average molecular weight is 644 g/mol. The van der Waals surface area contributed by atoms with Crippen molar-refractivity contribution in [2.75, 3.05) is 0 Å². The second kappa shape index (κ2) is 30.2. The highest BCUT2D eigenvalue weighted by molar-refractivity contribution is 5.68. The van der Waals surface area contributed by atoms with Crippen molar-refractivity contribution in [2.45, 2.75) is 154 Å². The molecule has 0 radical (unpaired) electrons. The first-order valence-corrected chi connectivity index (χ1v) is 18.8. The number of aliphatic imine (C=N–C) groups is 1. The first kappa shape index (κ1) is 46.0. The lowest BCUT2D eigenvalue weighted by molar-refractivity contribution is 0.304. The normalized spacial score (nSPS) is 12.1. The van der Waals surface area contributed by atoms with Gasteiger partial charge in [0.15, 0.2) is 0 Å². The Balaban J connectivity index is 0. The molecule has 47 heavy (non-hydrogen) atoms. The number of nitrogens with zero attached hydrogens (tertiary/aromatic N) is 1. The van der Waals surface area contributed by atoms with Crippen LogP contribution in [0.25, 0.3) is 0 Å². The van der Waals surface area contributed by atoms with Crippen molar-refractivity contribution in [3.8, 4) is 5.75 Å². The Morgan fingerprint density at radius 2 is 1.45 bits per heavy atom. The molecule has 0 unspecified atom stereocenters. The van der Waals surface area contributed by atoms with E-state index in [1.165, 1.54) is 71.1 Å². The van der Waals surface area contributed by atoms with E-state index < -0.39 is 0 Å². The topological polar surface area (TPSA) is 21.6 Å². The zero-order valence-electron chi connectivity index (χ0n) is 33.1. The third-order valence-electron chi connectivity index (χ3n) is 7.93. The molecule has 2 heteroatoms. The molecule has 264 valence electrons. The van der Waals surface area contributed by atoms with Gasteiger partial charge in [0, 0.05) is 12.6 Å². The van der Waals surface area contributed by atoms with Crippen LogP contribution >= 0.6 is 0 Å². The third kappa shape index (κ3) is 20.0. The molecule has 3 rings (SSSR count). The molecule has 0 bridgehead atoms. The first-order valence-electron chi connectivity index (χ1n) is 18.8. The van der Waals surface area contributed by atoms with Crippen molar-refractivity contribution < 1.29 is 4.74 Å². The van der Waals surface area contributed by atoms with Crippen molar-refractivity contribution in [3.63, 3.8) is 0 Å². The summed E-state index contributed by atoms with van der Waals surface area (Å²) in [5.41, 5.74) is 10.1. The van der Waals surface area contributed by atoms with E-state index in [2.05, 4.69) is 129 Å². The summed E-state index contributed by atoms with van der Waals surface area (Å²) in [7, 11) is 0. The second-order valence-corrected chi connectivity index (χ2v) is 11.6. The Bertz CT molecular complexity index is 1190. The van der Waals surface area contributed by atoms with Crippen molar-refractivity contribution >= 4 is 6.21 Å². The van der Waals surface area contributed by atoms with Gasteiger partial charge in [-0.2, -0.15) is 0 Å².